The fourth-order valence-electron chi connectivity index (χ4n) is 2.42. The second kappa shape index (κ2) is 7.95. The number of pyridine rings is 1. The van der Waals surface area contributed by atoms with Gasteiger partial charge in [0.05, 0.1) is 21.7 Å². The number of ether oxygens (including phenoxy) is 1. The Morgan fingerprint density at radius 2 is 1.81 bits per heavy atom. The molecule has 136 valence electrons. The maximum Gasteiger partial charge on any atom is 0.321 e. The van der Waals surface area contributed by atoms with Gasteiger partial charge in [-0.1, -0.05) is 36.4 Å². The molecule has 1 heterocycles. The second-order valence-electron chi connectivity index (χ2n) is 5.59. The van der Waals surface area contributed by atoms with Crippen LogP contribution in [0.25, 0.3) is 10.9 Å². The van der Waals surface area contributed by atoms with Crippen LogP contribution in [-0.4, -0.2) is 25.9 Å². The fraction of sp³-hybridized carbons (Fsp3) is 0.105. The Labute approximate surface area is 156 Å². The highest BCUT2D eigenvalue weighted by Gasteiger charge is 2.19. The van der Waals surface area contributed by atoms with E-state index in [9.17, 15) is 13.2 Å². The molecule has 3 aromatic rings. The molecule has 0 saturated heterocycles. The Hall–Kier alpha value is -3.28. The Balaban J connectivity index is 1.60. The zero-order valence-corrected chi connectivity index (χ0v) is 14.9. The Kier molecular flexibility index (Phi) is 5.45. The SMILES string of the molecule is N#Cc1ccccc1S(=O)(=O)NCC(=O)OCc1ccc2ccccc2n1. The summed E-state index contributed by atoms with van der Waals surface area (Å²) in [5.74, 6) is -0.747. The zero-order chi connectivity index (χ0) is 19.3. The van der Waals surface area contributed by atoms with Crippen molar-refractivity contribution in [3.05, 3.63) is 71.9 Å². The zero-order valence-electron chi connectivity index (χ0n) is 14.1. The third-order valence-electron chi connectivity index (χ3n) is 3.74. The lowest BCUT2D eigenvalue weighted by molar-refractivity contribution is -0.143. The summed E-state index contributed by atoms with van der Waals surface area (Å²) in [6, 6.07) is 18.7. The van der Waals surface area contributed by atoms with Crippen molar-refractivity contribution < 1.29 is 17.9 Å². The van der Waals surface area contributed by atoms with E-state index in [0.29, 0.717) is 5.69 Å². The van der Waals surface area contributed by atoms with Crippen molar-refractivity contribution in [1.82, 2.24) is 9.71 Å². The third kappa shape index (κ3) is 4.47. The maximum atomic E-state index is 12.3. The molecule has 0 unspecified atom stereocenters. The van der Waals surface area contributed by atoms with Crippen molar-refractivity contribution in [3.8, 4) is 6.07 Å². The van der Waals surface area contributed by atoms with Crippen LogP contribution < -0.4 is 4.72 Å². The quantitative estimate of drug-likeness (QED) is 0.655. The molecule has 1 aromatic heterocycles. The van der Waals surface area contributed by atoms with Gasteiger partial charge in [-0.15, -0.1) is 0 Å². The molecule has 0 aliphatic carbocycles. The number of carbonyl (C=O) groups excluding carboxylic acids is 1. The molecule has 3 rings (SSSR count). The van der Waals surface area contributed by atoms with Crippen molar-refractivity contribution in [3.63, 3.8) is 0 Å². The van der Waals surface area contributed by atoms with Crippen LogP contribution in [0.4, 0.5) is 0 Å². The topological polar surface area (TPSA) is 109 Å². The largest absolute Gasteiger partial charge is 0.458 e. The highest BCUT2D eigenvalue weighted by Crippen LogP contribution is 2.14. The minimum absolute atomic E-state index is 0.00117. The second-order valence-corrected chi connectivity index (χ2v) is 7.32. The van der Waals surface area contributed by atoms with E-state index in [1.54, 1.807) is 18.2 Å². The number of sulfonamides is 1. The third-order valence-corrected chi connectivity index (χ3v) is 5.20. The molecule has 27 heavy (non-hydrogen) atoms. The molecule has 0 amide bonds. The van der Waals surface area contributed by atoms with E-state index in [-0.39, 0.29) is 17.1 Å². The maximum absolute atomic E-state index is 12.3. The molecule has 0 aliphatic heterocycles. The lowest BCUT2D eigenvalue weighted by atomic mass is 10.2. The average Bonchev–Trinajstić information content (AvgIpc) is 2.70. The molecule has 0 radical (unpaired) electrons. The summed E-state index contributed by atoms with van der Waals surface area (Å²) in [5, 5.41) is 9.97. The standard InChI is InChI=1S/C19H15N3O4S/c20-11-15-6-2-4-8-18(15)27(24,25)21-12-19(23)26-13-16-10-9-14-5-1-3-7-17(14)22-16/h1-10,21H,12-13H2. The van der Waals surface area contributed by atoms with Gasteiger partial charge in [-0.05, 0) is 24.3 Å². The Morgan fingerprint density at radius 1 is 1.07 bits per heavy atom. The van der Waals surface area contributed by atoms with Crippen LogP contribution in [0, 0.1) is 11.3 Å². The number of nitriles is 1. The van der Waals surface area contributed by atoms with E-state index in [1.165, 1.54) is 18.2 Å². The van der Waals surface area contributed by atoms with Crippen LogP contribution in [0.1, 0.15) is 11.3 Å². The molecule has 7 nitrogen and oxygen atoms in total. The molecular formula is C19H15N3O4S. The number of fused-ring (bicyclic) bond motifs is 1. The molecule has 0 aliphatic rings. The van der Waals surface area contributed by atoms with Crippen molar-refractivity contribution in [2.75, 3.05) is 6.54 Å². The molecule has 0 fully saturated rings. The summed E-state index contributed by atoms with van der Waals surface area (Å²) in [6.45, 7) is -0.615. The normalized spacial score (nSPS) is 11.1. The number of carbonyl (C=O) groups is 1. The van der Waals surface area contributed by atoms with Gasteiger partial charge >= 0.3 is 5.97 Å². The van der Waals surface area contributed by atoms with Crippen molar-refractivity contribution in [2.45, 2.75) is 11.5 Å². The molecule has 0 atom stereocenters. The van der Waals surface area contributed by atoms with Gasteiger partial charge in [0.25, 0.3) is 0 Å². The van der Waals surface area contributed by atoms with E-state index in [0.717, 1.165) is 10.9 Å². The minimum atomic E-state index is -4.00. The molecule has 2 aromatic carbocycles. The van der Waals surface area contributed by atoms with Crippen LogP contribution >= 0.6 is 0 Å². The van der Waals surface area contributed by atoms with Gasteiger partial charge in [0.2, 0.25) is 10.0 Å². The lowest BCUT2D eigenvalue weighted by Gasteiger charge is -2.08. The molecule has 1 N–H and O–H groups in total. The van der Waals surface area contributed by atoms with Crippen molar-refractivity contribution in [2.24, 2.45) is 0 Å². The number of benzene rings is 2. The van der Waals surface area contributed by atoms with Crippen LogP contribution in [0.5, 0.6) is 0 Å². The first-order chi connectivity index (χ1) is 13.0. The highest BCUT2D eigenvalue weighted by atomic mass is 32.2. The highest BCUT2D eigenvalue weighted by molar-refractivity contribution is 7.89. The molecule has 8 heteroatoms. The smallest absolute Gasteiger partial charge is 0.321 e. The van der Waals surface area contributed by atoms with Gasteiger partial charge in [-0.3, -0.25) is 4.79 Å². The number of esters is 1. The van der Waals surface area contributed by atoms with Gasteiger partial charge in [0.1, 0.15) is 19.2 Å². The number of nitrogens with zero attached hydrogens (tertiary/aromatic N) is 2. The average molecular weight is 381 g/mol. The van der Waals surface area contributed by atoms with Crippen LogP contribution in [0.2, 0.25) is 0 Å². The number of rotatable bonds is 6. The Morgan fingerprint density at radius 3 is 2.63 bits per heavy atom. The van der Waals surface area contributed by atoms with E-state index < -0.39 is 22.5 Å². The first kappa shape index (κ1) is 18.5. The summed E-state index contributed by atoms with van der Waals surface area (Å²) in [4.78, 5) is 16.1. The van der Waals surface area contributed by atoms with Crippen LogP contribution in [0.15, 0.2) is 65.6 Å². The van der Waals surface area contributed by atoms with Crippen LogP contribution in [0.3, 0.4) is 0 Å². The minimum Gasteiger partial charge on any atom is -0.458 e. The molecular weight excluding hydrogens is 366 g/mol. The van der Waals surface area contributed by atoms with Crippen LogP contribution in [-0.2, 0) is 26.2 Å². The van der Waals surface area contributed by atoms with E-state index >= 15 is 0 Å². The summed E-state index contributed by atoms with van der Waals surface area (Å²) < 4.78 is 31.7. The predicted octanol–water partition coefficient (Wildman–Crippen LogP) is 2.13. The summed E-state index contributed by atoms with van der Waals surface area (Å²) in [7, 11) is -4.00. The first-order valence-corrected chi connectivity index (χ1v) is 9.47. The predicted molar refractivity (Wildman–Crippen MR) is 97.9 cm³/mol. The van der Waals surface area contributed by atoms with Gasteiger partial charge in [0, 0.05) is 5.39 Å². The first-order valence-electron chi connectivity index (χ1n) is 7.99. The number of hydrogen-bond acceptors (Lipinski definition) is 6. The summed E-state index contributed by atoms with van der Waals surface area (Å²) in [5.41, 5.74) is 1.33. The number of para-hydroxylation sites is 1. The molecule has 0 spiro atoms. The summed E-state index contributed by atoms with van der Waals surface area (Å²) in [6.07, 6.45) is 0. The van der Waals surface area contributed by atoms with Gasteiger partial charge < -0.3 is 4.74 Å². The van der Waals surface area contributed by atoms with Crippen molar-refractivity contribution >= 4 is 26.9 Å². The van der Waals surface area contributed by atoms with E-state index in [4.69, 9.17) is 10.00 Å². The van der Waals surface area contributed by atoms with Gasteiger partial charge in [0.15, 0.2) is 0 Å². The summed E-state index contributed by atoms with van der Waals surface area (Å²) >= 11 is 0. The molecule has 0 bridgehead atoms. The van der Waals surface area contributed by atoms with Crippen molar-refractivity contribution in [1.29, 1.82) is 5.26 Å². The van der Waals surface area contributed by atoms with E-state index in [2.05, 4.69) is 9.71 Å². The van der Waals surface area contributed by atoms with E-state index in [1.807, 2.05) is 30.3 Å². The number of nitrogens with one attached hydrogen (secondary N) is 1. The number of aromatic nitrogens is 1. The van der Waals surface area contributed by atoms with Gasteiger partial charge in [-0.25, -0.2) is 13.4 Å². The fourth-order valence-corrected chi connectivity index (χ4v) is 3.54. The monoisotopic (exact) mass is 381 g/mol. The van der Waals surface area contributed by atoms with Gasteiger partial charge in [-0.2, -0.15) is 9.98 Å². The lowest BCUT2D eigenvalue weighted by Crippen LogP contribution is -2.31. The molecule has 0 saturated carbocycles. The number of hydrogen-bond donors (Lipinski definition) is 1. The Bertz CT molecular complexity index is 1140.